The molecule has 0 saturated carbocycles. The fourth-order valence-corrected chi connectivity index (χ4v) is 2.64. The monoisotopic (exact) mass is 234 g/mol. The molecule has 1 atom stereocenters. The zero-order valence-electron chi connectivity index (χ0n) is 9.58. The maximum Gasteiger partial charge on any atom is 0.245 e. The number of halogens is 1. The molecule has 1 aromatic carbocycles. The summed E-state index contributed by atoms with van der Waals surface area (Å²) in [7, 11) is 0. The normalized spacial score (nSPS) is 22.4. The molecule has 3 rings (SSSR count). The zero-order valence-corrected chi connectivity index (χ0v) is 9.58. The molecule has 1 saturated heterocycles. The van der Waals surface area contributed by atoms with Crippen LogP contribution in [0.15, 0.2) is 18.2 Å². The molecule has 1 aromatic rings. The van der Waals surface area contributed by atoms with Crippen LogP contribution >= 0.6 is 0 Å². The van der Waals surface area contributed by atoms with E-state index in [1.165, 1.54) is 12.1 Å². The first-order valence-electron chi connectivity index (χ1n) is 6.08. The van der Waals surface area contributed by atoms with Gasteiger partial charge in [-0.1, -0.05) is 0 Å². The number of fused-ring (bicyclic) bond motifs is 1. The van der Waals surface area contributed by atoms with Crippen LogP contribution in [0.5, 0.6) is 0 Å². The van der Waals surface area contributed by atoms with Crippen molar-refractivity contribution in [3.8, 4) is 0 Å². The average Bonchev–Trinajstić information content (AvgIpc) is 2.96. The molecule has 0 bridgehead atoms. The summed E-state index contributed by atoms with van der Waals surface area (Å²) in [5.74, 6) is -0.0843. The van der Waals surface area contributed by atoms with E-state index in [1.807, 2.05) is 4.90 Å². The minimum Gasteiger partial charge on any atom is -0.373 e. The Hall–Kier alpha value is -1.58. The maximum absolute atomic E-state index is 13.1. The number of carbonyl (C=O) groups is 1. The summed E-state index contributed by atoms with van der Waals surface area (Å²) in [6.45, 7) is 1.73. The van der Waals surface area contributed by atoms with Gasteiger partial charge in [0.1, 0.15) is 11.9 Å². The van der Waals surface area contributed by atoms with Gasteiger partial charge in [-0.25, -0.2) is 4.39 Å². The van der Waals surface area contributed by atoms with Gasteiger partial charge in [-0.05, 0) is 36.6 Å². The Labute approximate surface area is 99.6 Å². The third-order valence-corrected chi connectivity index (χ3v) is 3.54. The van der Waals surface area contributed by atoms with Gasteiger partial charge in [0.2, 0.25) is 5.91 Å². The molecule has 2 aliphatic heterocycles. The standard InChI is InChI=1S/C13H15FN2O/c14-10-3-4-11-9(7-10)8-12(15-11)13(17)16-5-1-2-6-16/h3-4,7,12,15H,1-2,5-6,8H2. The third-order valence-electron chi connectivity index (χ3n) is 3.54. The van der Waals surface area contributed by atoms with Gasteiger partial charge >= 0.3 is 0 Å². The van der Waals surface area contributed by atoms with Gasteiger partial charge in [-0.3, -0.25) is 4.79 Å². The van der Waals surface area contributed by atoms with Crippen LogP contribution < -0.4 is 5.32 Å². The number of hydrogen-bond donors (Lipinski definition) is 1. The number of carbonyl (C=O) groups excluding carboxylic acids is 1. The van der Waals surface area contributed by atoms with E-state index < -0.39 is 0 Å². The Morgan fingerprint density at radius 1 is 1.35 bits per heavy atom. The molecule has 3 nitrogen and oxygen atoms in total. The van der Waals surface area contributed by atoms with Crippen molar-refractivity contribution in [3.63, 3.8) is 0 Å². The molecule has 2 aliphatic rings. The van der Waals surface area contributed by atoms with Crippen LogP contribution in [0, 0.1) is 5.82 Å². The summed E-state index contributed by atoms with van der Waals surface area (Å²) in [4.78, 5) is 14.1. The molecule has 2 heterocycles. The predicted molar refractivity (Wildman–Crippen MR) is 63.3 cm³/mol. The fraction of sp³-hybridized carbons (Fsp3) is 0.462. The van der Waals surface area contributed by atoms with Gasteiger partial charge in [0.25, 0.3) is 0 Å². The Balaban J connectivity index is 1.75. The largest absolute Gasteiger partial charge is 0.373 e. The number of nitrogens with one attached hydrogen (secondary N) is 1. The van der Waals surface area contributed by atoms with Gasteiger partial charge in [-0.15, -0.1) is 0 Å². The van der Waals surface area contributed by atoms with Crippen molar-refractivity contribution in [2.45, 2.75) is 25.3 Å². The number of hydrogen-bond acceptors (Lipinski definition) is 2. The minimum absolute atomic E-state index is 0.152. The summed E-state index contributed by atoms with van der Waals surface area (Å²) < 4.78 is 13.1. The van der Waals surface area contributed by atoms with E-state index in [0.717, 1.165) is 37.2 Å². The molecule has 0 aliphatic carbocycles. The number of anilines is 1. The third kappa shape index (κ3) is 1.88. The average molecular weight is 234 g/mol. The summed E-state index contributed by atoms with van der Waals surface area (Å²) in [5, 5.41) is 3.18. The second-order valence-corrected chi connectivity index (χ2v) is 4.73. The Kier molecular flexibility index (Phi) is 2.50. The first kappa shape index (κ1) is 10.6. The van der Waals surface area contributed by atoms with Crippen molar-refractivity contribution < 1.29 is 9.18 Å². The molecule has 1 amide bonds. The van der Waals surface area contributed by atoms with E-state index in [0.29, 0.717) is 6.42 Å². The lowest BCUT2D eigenvalue weighted by molar-refractivity contribution is -0.130. The van der Waals surface area contributed by atoms with Crippen LogP contribution in [0.2, 0.25) is 0 Å². The van der Waals surface area contributed by atoms with Crippen LogP contribution in [0.4, 0.5) is 10.1 Å². The first-order chi connectivity index (χ1) is 8.24. The number of rotatable bonds is 1. The van der Waals surface area contributed by atoms with Crippen molar-refractivity contribution in [2.24, 2.45) is 0 Å². The SMILES string of the molecule is O=C(C1Cc2cc(F)ccc2N1)N1CCCC1. The van der Waals surface area contributed by atoms with Gasteiger partial charge < -0.3 is 10.2 Å². The summed E-state index contributed by atoms with van der Waals surface area (Å²) in [6.07, 6.45) is 2.79. The maximum atomic E-state index is 13.1. The van der Waals surface area contributed by atoms with E-state index in [2.05, 4.69) is 5.32 Å². The molecule has 4 heteroatoms. The topological polar surface area (TPSA) is 32.3 Å². The van der Waals surface area contributed by atoms with Crippen LogP contribution in [0.25, 0.3) is 0 Å². The van der Waals surface area contributed by atoms with E-state index in [9.17, 15) is 9.18 Å². The molecule has 1 unspecified atom stereocenters. The smallest absolute Gasteiger partial charge is 0.245 e. The molecule has 0 aromatic heterocycles. The number of nitrogens with zero attached hydrogens (tertiary/aromatic N) is 1. The Bertz CT molecular complexity index is 455. The van der Waals surface area contributed by atoms with E-state index >= 15 is 0 Å². The van der Waals surface area contributed by atoms with Gasteiger partial charge in [-0.2, -0.15) is 0 Å². The van der Waals surface area contributed by atoms with Crippen LogP contribution in [0.1, 0.15) is 18.4 Å². The van der Waals surface area contributed by atoms with Gasteiger partial charge in [0.15, 0.2) is 0 Å². The number of benzene rings is 1. The zero-order chi connectivity index (χ0) is 11.8. The van der Waals surface area contributed by atoms with Gasteiger partial charge in [0.05, 0.1) is 0 Å². The second kappa shape index (κ2) is 4.02. The lowest BCUT2D eigenvalue weighted by Gasteiger charge is -2.20. The number of amides is 1. The molecule has 1 fully saturated rings. The lowest BCUT2D eigenvalue weighted by Crippen LogP contribution is -2.40. The van der Waals surface area contributed by atoms with Crippen LogP contribution in [0.3, 0.4) is 0 Å². The highest BCUT2D eigenvalue weighted by Crippen LogP contribution is 2.27. The predicted octanol–water partition coefficient (Wildman–Crippen LogP) is 1.78. The molecule has 90 valence electrons. The van der Waals surface area contributed by atoms with Crippen molar-refractivity contribution in [1.82, 2.24) is 4.90 Å². The molecular weight excluding hydrogens is 219 g/mol. The van der Waals surface area contributed by atoms with Crippen LogP contribution in [-0.2, 0) is 11.2 Å². The Morgan fingerprint density at radius 3 is 2.88 bits per heavy atom. The van der Waals surface area contributed by atoms with E-state index in [4.69, 9.17) is 0 Å². The highest BCUT2D eigenvalue weighted by Gasteiger charge is 2.31. The first-order valence-corrected chi connectivity index (χ1v) is 6.08. The highest BCUT2D eigenvalue weighted by molar-refractivity contribution is 5.87. The van der Waals surface area contributed by atoms with Crippen molar-refractivity contribution in [3.05, 3.63) is 29.6 Å². The van der Waals surface area contributed by atoms with Crippen molar-refractivity contribution in [2.75, 3.05) is 18.4 Å². The molecular formula is C13H15FN2O. The molecule has 0 spiro atoms. The van der Waals surface area contributed by atoms with Crippen LogP contribution in [-0.4, -0.2) is 29.9 Å². The van der Waals surface area contributed by atoms with Crippen molar-refractivity contribution in [1.29, 1.82) is 0 Å². The fourth-order valence-electron chi connectivity index (χ4n) is 2.64. The quantitative estimate of drug-likeness (QED) is 0.803. The molecule has 0 radical (unpaired) electrons. The van der Waals surface area contributed by atoms with Crippen molar-refractivity contribution >= 4 is 11.6 Å². The summed E-state index contributed by atoms with van der Waals surface area (Å²) in [5.41, 5.74) is 1.80. The Morgan fingerprint density at radius 2 is 2.12 bits per heavy atom. The number of likely N-dealkylation sites (tertiary alicyclic amines) is 1. The minimum atomic E-state index is -0.236. The van der Waals surface area contributed by atoms with E-state index in [1.54, 1.807) is 6.07 Å². The second-order valence-electron chi connectivity index (χ2n) is 4.73. The van der Waals surface area contributed by atoms with E-state index in [-0.39, 0.29) is 17.8 Å². The lowest BCUT2D eigenvalue weighted by atomic mass is 10.1. The summed E-state index contributed by atoms with van der Waals surface area (Å²) in [6, 6.07) is 4.45. The summed E-state index contributed by atoms with van der Waals surface area (Å²) >= 11 is 0. The molecule has 17 heavy (non-hydrogen) atoms. The molecule has 1 N–H and O–H groups in total. The highest BCUT2D eigenvalue weighted by atomic mass is 19.1. The van der Waals surface area contributed by atoms with Gasteiger partial charge in [0, 0.05) is 25.2 Å².